The summed E-state index contributed by atoms with van der Waals surface area (Å²) >= 11 is 10.1. The fraction of sp³-hybridized carbons (Fsp3) is 0.387. The molecule has 1 saturated carbocycles. The number of aliphatic hydroxyl groups is 1. The molecule has 1 N–H and O–H groups in total. The molecule has 1 aliphatic carbocycles. The van der Waals surface area contributed by atoms with E-state index in [2.05, 4.69) is 66.4 Å². The van der Waals surface area contributed by atoms with Gasteiger partial charge < -0.3 is 5.11 Å². The van der Waals surface area contributed by atoms with Crippen molar-refractivity contribution in [3.05, 3.63) is 99.0 Å². The standard InChI is InChI=1S/C31H34ClNOS2/c1-31(2,34)26-9-4-3-7-23(26)13-16-28(35-19-22-10-11-22)24-8-5-6-21(18-24)12-14-25-15-17-29-30(33-25)27(32)20-36-29/h3-9,15,17-18,20,22,28,34H,10-14,16,19H2,1-2H3/t28-/m1/s1. The number of fused-ring (bicyclic) bond motifs is 1. The minimum absolute atomic E-state index is 0.458. The van der Waals surface area contributed by atoms with E-state index in [1.165, 1.54) is 35.3 Å². The fourth-order valence-corrected chi connectivity index (χ4v) is 7.34. The number of thioether (sulfide) groups is 1. The molecule has 4 aromatic rings. The summed E-state index contributed by atoms with van der Waals surface area (Å²) in [5.74, 6) is 2.14. The van der Waals surface area contributed by atoms with Crippen molar-refractivity contribution in [2.75, 3.05) is 5.75 Å². The van der Waals surface area contributed by atoms with Crippen LogP contribution in [0.4, 0.5) is 0 Å². The minimum Gasteiger partial charge on any atom is -0.386 e. The van der Waals surface area contributed by atoms with Crippen LogP contribution in [-0.4, -0.2) is 15.8 Å². The molecule has 1 atom stereocenters. The Morgan fingerprint density at radius 3 is 2.69 bits per heavy atom. The van der Waals surface area contributed by atoms with E-state index in [0.29, 0.717) is 5.25 Å². The van der Waals surface area contributed by atoms with Crippen LogP contribution in [0, 0.1) is 5.92 Å². The Bertz CT molecular complexity index is 1320. The minimum atomic E-state index is -0.822. The van der Waals surface area contributed by atoms with E-state index < -0.39 is 5.60 Å². The molecule has 1 fully saturated rings. The first-order valence-corrected chi connectivity index (χ1v) is 15.2. The van der Waals surface area contributed by atoms with Gasteiger partial charge in [0.25, 0.3) is 0 Å². The average molecular weight is 536 g/mol. The third-order valence-corrected chi connectivity index (χ3v) is 9.94. The first-order chi connectivity index (χ1) is 17.4. The molecular weight excluding hydrogens is 502 g/mol. The van der Waals surface area contributed by atoms with E-state index >= 15 is 0 Å². The van der Waals surface area contributed by atoms with E-state index in [0.717, 1.165) is 58.1 Å². The molecule has 2 aromatic carbocycles. The quantitative estimate of drug-likeness (QED) is 0.208. The topological polar surface area (TPSA) is 33.1 Å². The van der Waals surface area contributed by atoms with Crippen LogP contribution in [0.5, 0.6) is 0 Å². The van der Waals surface area contributed by atoms with E-state index in [1.807, 2.05) is 25.3 Å². The summed E-state index contributed by atoms with van der Waals surface area (Å²) in [7, 11) is 0. The molecule has 2 nitrogen and oxygen atoms in total. The molecule has 2 heterocycles. The lowest BCUT2D eigenvalue weighted by Crippen LogP contribution is -2.18. The summed E-state index contributed by atoms with van der Waals surface area (Å²) in [5, 5.41) is 13.8. The molecule has 2 aromatic heterocycles. The number of benzene rings is 2. The van der Waals surface area contributed by atoms with E-state index in [9.17, 15) is 5.11 Å². The van der Waals surface area contributed by atoms with Gasteiger partial charge in [0.15, 0.2) is 0 Å². The summed E-state index contributed by atoms with van der Waals surface area (Å²) in [6.45, 7) is 3.77. The first kappa shape index (κ1) is 25.8. The molecule has 0 saturated heterocycles. The van der Waals surface area contributed by atoms with Crippen molar-refractivity contribution in [1.29, 1.82) is 0 Å². The molecule has 5 heteroatoms. The molecule has 5 rings (SSSR count). The second kappa shape index (κ2) is 11.3. The number of rotatable bonds is 11. The SMILES string of the molecule is CC(C)(O)c1ccccc1CC[C@@H](SCC1CC1)c1cccc(CCc2ccc3scc(Cl)c3n2)c1. The number of hydrogen-bond donors (Lipinski definition) is 1. The average Bonchev–Trinajstić information content (AvgIpc) is 3.64. The lowest BCUT2D eigenvalue weighted by atomic mass is 9.90. The highest BCUT2D eigenvalue weighted by atomic mass is 35.5. The lowest BCUT2D eigenvalue weighted by molar-refractivity contribution is 0.0776. The number of halogens is 1. The van der Waals surface area contributed by atoms with Gasteiger partial charge in [0, 0.05) is 16.3 Å². The normalized spacial score (nSPS) is 14.9. The van der Waals surface area contributed by atoms with Gasteiger partial charge in [-0.15, -0.1) is 11.3 Å². The molecule has 0 unspecified atom stereocenters. The van der Waals surface area contributed by atoms with Crippen LogP contribution in [0.3, 0.4) is 0 Å². The smallest absolute Gasteiger partial charge is 0.0999 e. The zero-order valence-corrected chi connectivity index (χ0v) is 23.4. The second-order valence-electron chi connectivity index (χ2n) is 10.5. The second-order valence-corrected chi connectivity index (χ2v) is 13.1. The van der Waals surface area contributed by atoms with Crippen molar-refractivity contribution in [1.82, 2.24) is 4.98 Å². The zero-order chi connectivity index (χ0) is 25.1. The third kappa shape index (κ3) is 6.52. The summed E-state index contributed by atoms with van der Waals surface area (Å²) in [5.41, 5.74) is 6.28. The summed E-state index contributed by atoms with van der Waals surface area (Å²) in [4.78, 5) is 4.81. The molecule has 188 valence electrons. The summed E-state index contributed by atoms with van der Waals surface area (Å²) in [6, 6.07) is 21.8. The molecule has 0 radical (unpaired) electrons. The summed E-state index contributed by atoms with van der Waals surface area (Å²) < 4.78 is 1.15. The maximum Gasteiger partial charge on any atom is 0.0999 e. The van der Waals surface area contributed by atoms with Gasteiger partial charge >= 0.3 is 0 Å². The monoisotopic (exact) mass is 535 g/mol. The maximum absolute atomic E-state index is 10.7. The summed E-state index contributed by atoms with van der Waals surface area (Å²) in [6.07, 6.45) is 6.68. The van der Waals surface area contributed by atoms with Crippen LogP contribution in [0.25, 0.3) is 10.2 Å². The van der Waals surface area contributed by atoms with Crippen LogP contribution < -0.4 is 0 Å². The number of nitrogens with zero attached hydrogens (tertiary/aromatic N) is 1. The van der Waals surface area contributed by atoms with Gasteiger partial charge in [-0.3, -0.25) is 4.98 Å². The molecular formula is C31H34ClNOS2. The van der Waals surface area contributed by atoms with E-state index in [1.54, 1.807) is 11.3 Å². The van der Waals surface area contributed by atoms with Crippen molar-refractivity contribution in [3.63, 3.8) is 0 Å². The Balaban J connectivity index is 1.30. The van der Waals surface area contributed by atoms with Crippen LogP contribution in [0.2, 0.25) is 5.02 Å². The van der Waals surface area contributed by atoms with E-state index in [4.69, 9.17) is 16.6 Å². The van der Waals surface area contributed by atoms with Crippen molar-refractivity contribution < 1.29 is 5.11 Å². The Kier molecular flexibility index (Phi) is 8.07. The highest BCUT2D eigenvalue weighted by Gasteiger charge is 2.25. The largest absolute Gasteiger partial charge is 0.386 e. The number of thiophene rings is 1. The van der Waals surface area contributed by atoms with Crippen molar-refractivity contribution >= 4 is 44.9 Å². The fourth-order valence-electron chi connectivity index (χ4n) is 4.79. The predicted octanol–water partition coefficient (Wildman–Crippen LogP) is 8.78. The molecule has 36 heavy (non-hydrogen) atoms. The molecule has 0 bridgehead atoms. The van der Waals surface area contributed by atoms with Gasteiger partial charge in [0.1, 0.15) is 0 Å². The third-order valence-electron chi connectivity index (χ3n) is 7.01. The number of pyridine rings is 1. The number of hydrogen-bond acceptors (Lipinski definition) is 4. The van der Waals surface area contributed by atoms with Crippen LogP contribution in [-0.2, 0) is 24.9 Å². The highest BCUT2D eigenvalue weighted by molar-refractivity contribution is 7.99. The predicted molar refractivity (Wildman–Crippen MR) is 156 cm³/mol. The Hall–Kier alpha value is -1.85. The lowest BCUT2D eigenvalue weighted by Gasteiger charge is -2.23. The molecule has 0 aliphatic heterocycles. The van der Waals surface area contributed by atoms with Gasteiger partial charge in [-0.25, -0.2) is 0 Å². The number of aryl methyl sites for hydroxylation is 3. The van der Waals surface area contributed by atoms with Crippen molar-refractivity contribution in [2.24, 2.45) is 5.92 Å². The van der Waals surface area contributed by atoms with Crippen molar-refractivity contribution in [2.45, 2.75) is 63.2 Å². The Morgan fingerprint density at radius 1 is 1.06 bits per heavy atom. The van der Waals surface area contributed by atoms with Gasteiger partial charge in [-0.05, 0) is 98.4 Å². The van der Waals surface area contributed by atoms with Gasteiger partial charge in [0.2, 0.25) is 0 Å². The van der Waals surface area contributed by atoms with Gasteiger partial charge in [-0.2, -0.15) is 11.8 Å². The van der Waals surface area contributed by atoms with Gasteiger partial charge in [0.05, 0.1) is 20.8 Å². The zero-order valence-electron chi connectivity index (χ0n) is 21.0. The Morgan fingerprint density at radius 2 is 1.89 bits per heavy atom. The highest BCUT2D eigenvalue weighted by Crippen LogP contribution is 2.41. The van der Waals surface area contributed by atoms with Gasteiger partial charge in [-0.1, -0.05) is 60.1 Å². The molecule has 0 spiro atoms. The van der Waals surface area contributed by atoms with Crippen molar-refractivity contribution in [3.8, 4) is 0 Å². The Labute approximate surface area is 228 Å². The van der Waals surface area contributed by atoms with Crippen LogP contribution >= 0.6 is 34.7 Å². The molecule has 1 aliphatic rings. The first-order valence-electron chi connectivity index (χ1n) is 12.9. The molecule has 0 amide bonds. The van der Waals surface area contributed by atoms with E-state index in [-0.39, 0.29) is 0 Å². The number of aromatic nitrogens is 1. The van der Waals surface area contributed by atoms with Crippen LogP contribution in [0.15, 0.2) is 66.0 Å². The maximum atomic E-state index is 10.7. The van der Waals surface area contributed by atoms with Crippen LogP contribution in [0.1, 0.15) is 66.3 Å².